The fourth-order valence-corrected chi connectivity index (χ4v) is 1.70. The number of thiophene rings is 1. The molecule has 0 aliphatic carbocycles. The van der Waals surface area contributed by atoms with Crippen LogP contribution in [-0.4, -0.2) is 5.97 Å². The van der Waals surface area contributed by atoms with E-state index < -0.39 is 5.97 Å². The summed E-state index contributed by atoms with van der Waals surface area (Å²) in [6, 6.07) is 2.22. The summed E-state index contributed by atoms with van der Waals surface area (Å²) in [6.45, 7) is 7.43. The van der Waals surface area contributed by atoms with Crippen LogP contribution in [0.25, 0.3) is 0 Å². The average molecular weight is 185 g/mol. The third kappa shape index (κ3) is 4.91. The summed E-state index contributed by atoms with van der Waals surface area (Å²) < 4.78 is 0. The normalized spacial score (nSPS) is 8.67. The van der Waals surface area contributed by atoms with Gasteiger partial charge in [-0.25, -0.2) is 0 Å². The molecule has 1 aromatic rings. The molecule has 12 heavy (non-hydrogen) atoms. The molecule has 68 valence electrons. The van der Waals surface area contributed by atoms with Gasteiger partial charge in [0.2, 0.25) is 0 Å². The van der Waals surface area contributed by atoms with E-state index in [9.17, 15) is 0 Å². The third-order valence-corrected chi connectivity index (χ3v) is 2.36. The minimum Gasteiger partial charge on any atom is -0.550 e. The van der Waals surface area contributed by atoms with Crippen LogP contribution in [-0.2, 0) is 4.79 Å². The molecule has 0 aliphatic rings. The van der Waals surface area contributed by atoms with Crippen LogP contribution in [0.3, 0.4) is 0 Å². The van der Waals surface area contributed by atoms with Crippen LogP contribution in [0.4, 0.5) is 0 Å². The number of carbonyl (C=O) groups is 1. The molecule has 0 amide bonds. The summed E-state index contributed by atoms with van der Waals surface area (Å²) in [5.74, 6) is -1.08. The number of aliphatic carboxylic acids is 1. The first-order valence-corrected chi connectivity index (χ1v) is 4.46. The minimum atomic E-state index is -1.08. The molecule has 0 N–H and O–H groups in total. The molecule has 0 fully saturated rings. The van der Waals surface area contributed by atoms with E-state index in [0.717, 1.165) is 6.92 Å². The molecular formula is C9H13O2S-. The topological polar surface area (TPSA) is 40.1 Å². The molecule has 0 unspecified atom stereocenters. The van der Waals surface area contributed by atoms with Crippen molar-refractivity contribution in [2.75, 3.05) is 0 Å². The summed E-state index contributed by atoms with van der Waals surface area (Å²) in [5, 5.41) is 8.89. The molecule has 0 saturated carbocycles. The number of carboxylic acid groups (broad SMARTS) is 1. The van der Waals surface area contributed by atoms with Crippen LogP contribution in [0, 0.1) is 20.8 Å². The Balaban J connectivity index is 0.000000261. The molecule has 0 atom stereocenters. The molecule has 1 rings (SSSR count). The number of carboxylic acids is 1. The highest BCUT2D eigenvalue weighted by Gasteiger charge is 1.93. The van der Waals surface area contributed by atoms with Gasteiger partial charge in [0, 0.05) is 15.7 Å². The average Bonchev–Trinajstić information content (AvgIpc) is 2.08. The van der Waals surface area contributed by atoms with Gasteiger partial charge in [0.1, 0.15) is 0 Å². The van der Waals surface area contributed by atoms with Crippen molar-refractivity contribution < 1.29 is 9.90 Å². The van der Waals surface area contributed by atoms with Crippen molar-refractivity contribution in [3.63, 3.8) is 0 Å². The van der Waals surface area contributed by atoms with Crippen LogP contribution < -0.4 is 5.11 Å². The Bertz CT molecular complexity index is 240. The van der Waals surface area contributed by atoms with Gasteiger partial charge in [-0.05, 0) is 39.3 Å². The van der Waals surface area contributed by atoms with Crippen LogP contribution in [0.1, 0.15) is 22.2 Å². The lowest BCUT2D eigenvalue weighted by molar-refractivity contribution is -0.302. The smallest absolute Gasteiger partial charge is 0.0383 e. The van der Waals surface area contributed by atoms with E-state index in [1.807, 2.05) is 11.3 Å². The first-order valence-electron chi connectivity index (χ1n) is 3.64. The molecule has 0 saturated heterocycles. The Labute approximate surface area is 76.9 Å². The maximum absolute atomic E-state index is 8.89. The highest BCUT2D eigenvalue weighted by molar-refractivity contribution is 7.12. The molecule has 3 heteroatoms. The second-order valence-corrected chi connectivity index (χ2v) is 4.05. The van der Waals surface area contributed by atoms with Crippen molar-refractivity contribution >= 4 is 17.3 Å². The summed E-state index contributed by atoms with van der Waals surface area (Å²) in [5.41, 5.74) is 1.42. The molecule has 0 radical (unpaired) electrons. The lowest BCUT2D eigenvalue weighted by Gasteiger charge is -1.79. The summed E-state index contributed by atoms with van der Waals surface area (Å²) in [6.07, 6.45) is 0. The zero-order chi connectivity index (χ0) is 9.72. The van der Waals surface area contributed by atoms with Gasteiger partial charge in [-0.3, -0.25) is 0 Å². The molecular weight excluding hydrogens is 172 g/mol. The van der Waals surface area contributed by atoms with Gasteiger partial charge in [0.25, 0.3) is 0 Å². The molecule has 2 nitrogen and oxygen atoms in total. The van der Waals surface area contributed by atoms with Gasteiger partial charge < -0.3 is 9.90 Å². The third-order valence-electron chi connectivity index (χ3n) is 1.29. The maximum Gasteiger partial charge on any atom is 0.0383 e. The minimum absolute atomic E-state index is 0.972. The van der Waals surface area contributed by atoms with Gasteiger partial charge in [0.15, 0.2) is 0 Å². The van der Waals surface area contributed by atoms with E-state index in [2.05, 4.69) is 26.8 Å². The fraction of sp³-hybridized carbons (Fsp3) is 0.444. The maximum atomic E-state index is 8.89. The summed E-state index contributed by atoms with van der Waals surface area (Å²) in [4.78, 5) is 11.8. The number of hydrogen-bond acceptors (Lipinski definition) is 3. The molecule has 1 aromatic heterocycles. The predicted molar refractivity (Wildman–Crippen MR) is 49.2 cm³/mol. The largest absolute Gasteiger partial charge is 0.550 e. The zero-order valence-corrected chi connectivity index (χ0v) is 8.62. The number of aryl methyl sites for hydroxylation is 3. The lowest BCUT2D eigenvalue weighted by Crippen LogP contribution is -2.16. The number of hydrogen-bond donors (Lipinski definition) is 0. The highest BCUT2D eigenvalue weighted by atomic mass is 32.1. The van der Waals surface area contributed by atoms with Crippen molar-refractivity contribution in [2.24, 2.45) is 0 Å². The standard InChI is InChI=1S/C7H10S.C2H4O2/c1-5-4-6(2)8-7(5)3;1-2(3)4/h4H,1-3H3;1H3,(H,3,4)/p-1. The molecule has 0 bridgehead atoms. The van der Waals surface area contributed by atoms with E-state index in [1.54, 1.807) is 0 Å². The van der Waals surface area contributed by atoms with Gasteiger partial charge in [-0.15, -0.1) is 11.3 Å². The Morgan fingerprint density at radius 2 is 1.83 bits per heavy atom. The van der Waals surface area contributed by atoms with Gasteiger partial charge in [-0.2, -0.15) is 0 Å². The van der Waals surface area contributed by atoms with E-state index >= 15 is 0 Å². The van der Waals surface area contributed by atoms with E-state index in [4.69, 9.17) is 9.90 Å². The summed E-state index contributed by atoms with van der Waals surface area (Å²) >= 11 is 1.87. The Morgan fingerprint density at radius 1 is 1.42 bits per heavy atom. The molecule has 0 spiro atoms. The molecule has 0 aliphatic heterocycles. The number of rotatable bonds is 0. The SMILES string of the molecule is CC(=O)[O-].Cc1cc(C)c(C)s1. The quantitative estimate of drug-likeness (QED) is 0.613. The van der Waals surface area contributed by atoms with Crippen LogP contribution >= 0.6 is 11.3 Å². The Morgan fingerprint density at radius 3 is 1.92 bits per heavy atom. The highest BCUT2D eigenvalue weighted by Crippen LogP contribution is 2.18. The Hall–Kier alpha value is -0.830. The predicted octanol–water partition coefficient (Wildman–Crippen LogP) is 1.43. The zero-order valence-electron chi connectivity index (χ0n) is 7.80. The van der Waals surface area contributed by atoms with E-state index in [0.29, 0.717) is 0 Å². The molecule has 0 aromatic carbocycles. The van der Waals surface area contributed by atoms with Crippen molar-refractivity contribution in [2.45, 2.75) is 27.7 Å². The van der Waals surface area contributed by atoms with Crippen molar-refractivity contribution in [3.05, 3.63) is 21.4 Å². The van der Waals surface area contributed by atoms with E-state index in [-0.39, 0.29) is 0 Å². The first kappa shape index (κ1) is 11.2. The van der Waals surface area contributed by atoms with Crippen LogP contribution in [0.2, 0.25) is 0 Å². The van der Waals surface area contributed by atoms with Crippen molar-refractivity contribution in [1.29, 1.82) is 0 Å². The van der Waals surface area contributed by atoms with Gasteiger partial charge >= 0.3 is 0 Å². The lowest BCUT2D eigenvalue weighted by atomic mass is 10.3. The van der Waals surface area contributed by atoms with Gasteiger partial charge in [0.05, 0.1) is 0 Å². The fourth-order valence-electron chi connectivity index (χ4n) is 0.758. The second-order valence-electron chi connectivity index (χ2n) is 2.59. The first-order chi connectivity index (χ1) is 5.43. The van der Waals surface area contributed by atoms with Crippen LogP contribution in [0.5, 0.6) is 0 Å². The Kier molecular flexibility index (Phi) is 4.59. The van der Waals surface area contributed by atoms with Crippen LogP contribution in [0.15, 0.2) is 6.07 Å². The van der Waals surface area contributed by atoms with Crippen molar-refractivity contribution in [3.8, 4) is 0 Å². The van der Waals surface area contributed by atoms with Crippen molar-refractivity contribution in [1.82, 2.24) is 0 Å². The monoisotopic (exact) mass is 185 g/mol. The van der Waals surface area contributed by atoms with Gasteiger partial charge in [-0.1, -0.05) is 0 Å². The second kappa shape index (κ2) is 4.93. The number of carbonyl (C=O) groups excluding carboxylic acids is 1. The molecule has 1 heterocycles. The summed E-state index contributed by atoms with van der Waals surface area (Å²) in [7, 11) is 0. The van der Waals surface area contributed by atoms with E-state index in [1.165, 1.54) is 15.3 Å².